The predicted molar refractivity (Wildman–Crippen MR) is 68.9 cm³/mol. The van der Waals surface area contributed by atoms with E-state index in [0.717, 1.165) is 30.2 Å². The van der Waals surface area contributed by atoms with Crippen molar-refractivity contribution < 1.29 is 9.90 Å². The number of carbonyl (C=O) groups excluding carboxylic acids is 1. The Kier molecular flexibility index (Phi) is 4.05. The quantitative estimate of drug-likeness (QED) is 0.842. The Morgan fingerprint density at radius 1 is 1.18 bits per heavy atom. The van der Waals surface area contributed by atoms with Crippen molar-refractivity contribution in [2.24, 2.45) is 0 Å². The van der Waals surface area contributed by atoms with Crippen LogP contribution in [0.15, 0.2) is 28.7 Å². The van der Waals surface area contributed by atoms with Crippen LogP contribution in [-0.2, 0) is 0 Å². The molecule has 0 aromatic heterocycles. The third-order valence-corrected chi connectivity index (χ3v) is 3.77. The molecule has 1 saturated carbocycles. The molecule has 0 spiro atoms. The molecular weight excluding hydrogens is 282 g/mol. The largest absolute Gasteiger partial charge is 0.530 e. The number of amides is 1. The number of hydrogen-bond acceptors (Lipinski definition) is 2. The fourth-order valence-corrected chi connectivity index (χ4v) is 2.67. The van der Waals surface area contributed by atoms with E-state index in [-0.39, 0.29) is 6.04 Å². The first-order valence-electron chi connectivity index (χ1n) is 5.94. The van der Waals surface area contributed by atoms with Crippen LogP contribution in [0.1, 0.15) is 32.1 Å². The average Bonchev–Trinajstić information content (AvgIpc) is 2.33. The number of hydrogen-bond donors (Lipinski definition) is 0. The summed E-state index contributed by atoms with van der Waals surface area (Å²) >= 11 is 3.35. The zero-order valence-electron chi connectivity index (χ0n) is 9.56. The van der Waals surface area contributed by atoms with Gasteiger partial charge in [-0.2, -0.15) is 0 Å². The highest BCUT2D eigenvalue weighted by atomic mass is 79.9. The van der Waals surface area contributed by atoms with Crippen LogP contribution in [0.3, 0.4) is 0 Å². The Hall–Kier alpha value is -1.03. The van der Waals surface area contributed by atoms with Crippen LogP contribution in [-0.4, -0.2) is 12.1 Å². The number of carbonyl (C=O) groups is 1. The molecule has 92 valence electrons. The smallest absolute Gasteiger partial charge is 0.141 e. The van der Waals surface area contributed by atoms with Crippen molar-refractivity contribution in [3.05, 3.63) is 28.7 Å². The molecule has 1 amide bonds. The molecule has 1 aliphatic carbocycles. The van der Waals surface area contributed by atoms with Crippen LogP contribution in [0.4, 0.5) is 10.5 Å². The fraction of sp³-hybridized carbons (Fsp3) is 0.462. The maximum absolute atomic E-state index is 11.3. The van der Waals surface area contributed by atoms with Crippen LogP contribution < -0.4 is 10.0 Å². The molecule has 0 aliphatic heterocycles. The van der Waals surface area contributed by atoms with Gasteiger partial charge in [0.05, 0.1) is 0 Å². The number of anilines is 1. The van der Waals surface area contributed by atoms with E-state index >= 15 is 0 Å². The Labute approximate surface area is 110 Å². The SMILES string of the molecule is O=C([O-])N(c1ccc(Br)cc1)C1CCCCC1. The minimum absolute atomic E-state index is 0.0786. The maximum Gasteiger partial charge on any atom is 0.141 e. The molecule has 0 unspecified atom stereocenters. The first-order chi connectivity index (χ1) is 8.18. The lowest BCUT2D eigenvalue weighted by Gasteiger charge is -2.36. The summed E-state index contributed by atoms with van der Waals surface area (Å²) < 4.78 is 0.947. The first kappa shape index (κ1) is 12.4. The zero-order valence-corrected chi connectivity index (χ0v) is 11.1. The highest BCUT2D eigenvalue weighted by Gasteiger charge is 2.22. The lowest BCUT2D eigenvalue weighted by molar-refractivity contribution is -0.247. The summed E-state index contributed by atoms with van der Waals surface area (Å²) in [6.45, 7) is 0. The minimum atomic E-state index is -1.10. The highest BCUT2D eigenvalue weighted by Crippen LogP contribution is 2.27. The summed E-state index contributed by atoms with van der Waals surface area (Å²) in [7, 11) is 0. The average molecular weight is 297 g/mol. The lowest BCUT2D eigenvalue weighted by atomic mass is 9.94. The summed E-state index contributed by atoms with van der Waals surface area (Å²) in [6.07, 6.45) is 4.18. The van der Waals surface area contributed by atoms with E-state index in [2.05, 4.69) is 15.9 Å². The molecule has 0 heterocycles. The molecule has 3 nitrogen and oxygen atoms in total. The predicted octanol–water partition coefficient (Wildman–Crippen LogP) is 2.93. The third kappa shape index (κ3) is 3.00. The van der Waals surface area contributed by atoms with Gasteiger partial charge >= 0.3 is 0 Å². The molecule has 0 radical (unpaired) electrons. The number of rotatable bonds is 2. The lowest BCUT2D eigenvalue weighted by Crippen LogP contribution is -2.48. The van der Waals surface area contributed by atoms with Crippen molar-refractivity contribution in [2.45, 2.75) is 38.1 Å². The van der Waals surface area contributed by atoms with Crippen molar-refractivity contribution in [2.75, 3.05) is 4.90 Å². The Morgan fingerprint density at radius 3 is 2.29 bits per heavy atom. The van der Waals surface area contributed by atoms with Crippen molar-refractivity contribution in [3.63, 3.8) is 0 Å². The third-order valence-electron chi connectivity index (χ3n) is 3.24. The van der Waals surface area contributed by atoms with Gasteiger partial charge in [-0.3, -0.25) is 0 Å². The molecule has 1 aromatic carbocycles. The normalized spacial score (nSPS) is 16.8. The molecule has 1 fully saturated rings. The van der Waals surface area contributed by atoms with E-state index in [1.165, 1.54) is 11.3 Å². The molecule has 0 bridgehead atoms. The number of nitrogens with zero attached hydrogens (tertiary/aromatic N) is 1. The molecule has 1 aliphatic rings. The summed E-state index contributed by atoms with van der Waals surface area (Å²) in [6, 6.07) is 7.42. The van der Waals surface area contributed by atoms with Gasteiger partial charge in [0, 0.05) is 16.2 Å². The van der Waals surface area contributed by atoms with Crippen LogP contribution in [0, 0.1) is 0 Å². The van der Waals surface area contributed by atoms with E-state index in [1.54, 1.807) is 0 Å². The van der Waals surface area contributed by atoms with Crippen LogP contribution in [0.5, 0.6) is 0 Å². The molecule has 0 atom stereocenters. The maximum atomic E-state index is 11.3. The standard InChI is InChI=1S/C13H16BrNO2/c14-10-6-8-12(9-7-10)15(13(16)17)11-4-2-1-3-5-11/h6-9,11H,1-5H2,(H,16,17)/p-1. The summed E-state index contributed by atoms with van der Waals surface area (Å²) in [5.41, 5.74) is 0.708. The van der Waals surface area contributed by atoms with E-state index < -0.39 is 6.09 Å². The van der Waals surface area contributed by atoms with Gasteiger partial charge in [0.15, 0.2) is 0 Å². The van der Waals surface area contributed by atoms with Crippen LogP contribution in [0.25, 0.3) is 0 Å². The molecule has 0 N–H and O–H groups in total. The summed E-state index contributed by atoms with van der Waals surface area (Å²) in [4.78, 5) is 12.7. The number of benzene rings is 1. The Bertz CT molecular complexity index is 385. The molecular formula is C13H15BrNO2-. The summed E-state index contributed by atoms with van der Waals surface area (Å²) in [5.74, 6) is 0. The van der Waals surface area contributed by atoms with E-state index in [0.29, 0.717) is 5.69 Å². The second-order valence-corrected chi connectivity index (χ2v) is 5.32. The number of carboxylic acid groups (broad SMARTS) is 1. The van der Waals surface area contributed by atoms with Gasteiger partial charge < -0.3 is 14.8 Å². The van der Waals surface area contributed by atoms with Crippen molar-refractivity contribution in [3.8, 4) is 0 Å². The van der Waals surface area contributed by atoms with Gasteiger partial charge in [-0.1, -0.05) is 35.2 Å². The molecule has 2 rings (SSSR count). The van der Waals surface area contributed by atoms with Gasteiger partial charge in [0.25, 0.3) is 0 Å². The van der Waals surface area contributed by atoms with E-state index in [4.69, 9.17) is 0 Å². The van der Waals surface area contributed by atoms with Crippen molar-refractivity contribution in [1.29, 1.82) is 0 Å². The second-order valence-electron chi connectivity index (χ2n) is 4.40. The first-order valence-corrected chi connectivity index (χ1v) is 6.73. The molecule has 0 saturated heterocycles. The van der Waals surface area contributed by atoms with Crippen LogP contribution >= 0.6 is 15.9 Å². The Morgan fingerprint density at radius 2 is 1.76 bits per heavy atom. The minimum Gasteiger partial charge on any atom is -0.530 e. The number of halogens is 1. The van der Waals surface area contributed by atoms with Crippen molar-refractivity contribution in [1.82, 2.24) is 0 Å². The molecule has 1 aromatic rings. The molecule has 17 heavy (non-hydrogen) atoms. The van der Waals surface area contributed by atoms with Gasteiger partial charge in [-0.15, -0.1) is 0 Å². The monoisotopic (exact) mass is 296 g/mol. The second kappa shape index (κ2) is 5.54. The van der Waals surface area contributed by atoms with Crippen LogP contribution in [0.2, 0.25) is 0 Å². The molecule has 4 heteroatoms. The van der Waals surface area contributed by atoms with Gasteiger partial charge in [-0.05, 0) is 37.1 Å². The van der Waals surface area contributed by atoms with E-state index in [9.17, 15) is 9.90 Å². The zero-order chi connectivity index (χ0) is 12.3. The van der Waals surface area contributed by atoms with Gasteiger partial charge in [0.2, 0.25) is 0 Å². The van der Waals surface area contributed by atoms with Crippen molar-refractivity contribution >= 4 is 27.7 Å². The van der Waals surface area contributed by atoms with Gasteiger partial charge in [0.1, 0.15) is 6.09 Å². The topological polar surface area (TPSA) is 43.4 Å². The fourth-order valence-electron chi connectivity index (χ4n) is 2.41. The summed E-state index contributed by atoms with van der Waals surface area (Å²) in [5, 5.41) is 11.3. The Balaban J connectivity index is 2.21. The van der Waals surface area contributed by atoms with Gasteiger partial charge in [-0.25, -0.2) is 0 Å². The highest BCUT2D eigenvalue weighted by molar-refractivity contribution is 9.10. The van der Waals surface area contributed by atoms with E-state index in [1.807, 2.05) is 24.3 Å².